The highest BCUT2D eigenvalue weighted by Crippen LogP contribution is 2.40. The van der Waals surface area contributed by atoms with E-state index in [0.717, 1.165) is 34.8 Å². The Morgan fingerprint density at radius 2 is 1.61 bits per heavy atom. The van der Waals surface area contributed by atoms with Gasteiger partial charge in [-0.1, -0.05) is 13.8 Å². The second-order valence-electron chi connectivity index (χ2n) is 11.8. The van der Waals surface area contributed by atoms with Crippen molar-refractivity contribution in [3.8, 4) is 22.8 Å². The molecule has 1 aromatic heterocycles. The SMILES string of the molecule is COc1ccc(-c2[nH]c3ccc(NC4CCC(N5CCC(N(C)C)CC5)CC4)cc3c2C(C)C)cc1OC. The van der Waals surface area contributed by atoms with Crippen LogP contribution >= 0.6 is 0 Å². The standard InChI is InChI=1S/C32H46N4O2/c1-21(2)31-27-20-24(10-13-28(27)34-32(31)22-7-14-29(37-5)30(19-22)38-6)33-23-8-11-26(12-9-23)36-17-15-25(16-18-36)35(3)4/h7,10,13-14,19-21,23,25-26,33-34H,8-9,11-12,15-18H2,1-6H3. The van der Waals surface area contributed by atoms with Gasteiger partial charge in [-0.05, 0) is 114 Å². The topological polar surface area (TPSA) is 52.8 Å². The highest BCUT2D eigenvalue weighted by atomic mass is 16.5. The van der Waals surface area contributed by atoms with Crippen molar-refractivity contribution in [1.82, 2.24) is 14.8 Å². The van der Waals surface area contributed by atoms with Gasteiger partial charge in [-0.2, -0.15) is 0 Å². The maximum absolute atomic E-state index is 5.58. The number of piperidine rings is 1. The lowest BCUT2D eigenvalue weighted by Crippen LogP contribution is -2.48. The lowest BCUT2D eigenvalue weighted by molar-refractivity contribution is 0.0879. The number of hydrogen-bond donors (Lipinski definition) is 2. The average molecular weight is 519 g/mol. The van der Waals surface area contributed by atoms with Crippen LogP contribution in [0.15, 0.2) is 36.4 Å². The monoisotopic (exact) mass is 518 g/mol. The highest BCUT2D eigenvalue weighted by Gasteiger charge is 2.29. The summed E-state index contributed by atoms with van der Waals surface area (Å²) in [6.45, 7) is 7.07. The van der Waals surface area contributed by atoms with Crippen molar-refractivity contribution >= 4 is 16.6 Å². The second kappa shape index (κ2) is 11.6. The lowest BCUT2D eigenvalue weighted by atomic mass is 9.88. The zero-order chi connectivity index (χ0) is 26.8. The fourth-order valence-electron chi connectivity index (χ4n) is 6.71. The van der Waals surface area contributed by atoms with Crippen LogP contribution in [-0.4, -0.2) is 74.3 Å². The average Bonchev–Trinajstić information content (AvgIpc) is 3.32. The van der Waals surface area contributed by atoms with E-state index in [1.807, 2.05) is 6.07 Å². The molecular weight excluding hydrogens is 472 g/mol. The summed E-state index contributed by atoms with van der Waals surface area (Å²) in [6, 6.07) is 15.0. The smallest absolute Gasteiger partial charge is 0.161 e. The number of methoxy groups -OCH3 is 2. The molecule has 0 bridgehead atoms. The minimum Gasteiger partial charge on any atom is -0.493 e. The van der Waals surface area contributed by atoms with E-state index in [1.165, 1.54) is 73.8 Å². The van der Waals surface area contributed by atoms with Gasteiger partial charge in [0.2, 0.25) is 0 Å². The number of ether oxygens (including phenoxy) is 2. The van der Waals surface area contributed by atoms with Crippen molar-refractivity contribution in [1.29, 1.82) is 0 Å². The van der Waals surface area contributed by atoms with Gasteiger partial charge in [0.15, 0.2) is 11.5 Å². The molecule has 3 aromatic rings. The van der Waals surface area contributed by atoms with Crippen molar-refractivity contribution in [3.63, 3.8) is 0 Å². The molecule has 1 aliphatic carbocycles. The molecule has 2 heterocycles. The Balaban J connectivity index is 1.29. The molecular formula is C32H46N4O2. The van der Waals surface area contributed by atoms with Crippen LogP contribution in [0.4, 0.5) is 5.69 Å². The number of anilines is 1. The first-order valence-corrected chi connectivity index (χ1v) is 14.4. The van der Waals surface area contributed by atoms with Crippen molar-refractivity contribution in [2.45, 2.75) is 76.4 Å². The van der Waals surface area contributed by atoms with Crippen molar-refractivity contribution in [2.24, 2.45) is 0 Å². The Morgan fingerprint density at radius 3 is 2.24 bits per heavy atom. The van der Waals surface area contributed by atoms with Gasteiger partial charge in [0.1, 0.15) is 0 Å². The quantitative estimate of drug-likeness (QED) is 0.346. The molecule has 0 unspecified atom stereocenters. The number of rotatable bonds is 8. The number of aromatic amines is 1. The molecule has 2 fully saturated rings. The molecule has 0 spiro atoms. The number of aromatic nitrogens is 1. The van der Waals surface area contributed by atoms with E-state index in [0.29, 0.717) is 12.0 Å². The van der Waals surface area contributed by atoms with E-state index in [4.69, 9.17) is 9.47 Å². The fourth-order valence-corrected chi connectivity index (χ4v) is 6.71. The largest absolute Gasteiger partial charge is 0.493 e. The predicted octanol–water partition coefficient (Wildman–Crippen LogP) is 6.72. The summed E-state index contributed by atoms with van der Waals surface area (Å²) in [7, 11) is 7.82. The predicted molar refractivity (Wildman–Crippen MR) is 159 cm³/mol. The summed E-state index contributed by atoms with van der Waals surface area (Å²) in [5.74, 6) is 1.88. The van der Waals surface area contributed by atoms with Crippen molar-refractivity contribution < 1.29 is 9.47 Å². The third-order valence-electron chi connectivity index (χ3n) is 8.90. The summed E-state index contributed by atoms with van der Waals surface area (Å²) in [4.78, 5) is 8.88. The number of H-pyrrole nitrogens is 1. The Hall–Kier alpha value is -2.70. The summed E-state index contributed by atoms with van der Waals surface area (Å²) in [5, 5.41) is 5.19. The number of nitrogens with zero attached hydrogens (tertiary/aromatic N) is 2. The molecule has 1 saturated carbocycles. The number of likely N-dealkylation sites (tertiary alicyclic amines) is 1. The highest BCUT2D eigenvalue weighted by molar-refractivity contribution is 5.93. The molecule has 0 amide bonds. The molecule has 1 saturated heterocycles. The Morgan fingerprint density at radius 1 is 0.895 bits per heavy atom. The molecule has 6 heteroatoms. The van der Waals surface area contributed by atoms with Gasteiger partial charge >= 0.3 is 0 Å². The van der Waals surface area contributed by atoms with Crippen LogP contribution in [0.25, 0.3) is 22.2 Å². The van der Waals surface area contributed by atoms with Gasteiger partial charge in [-0.3, -0.25) is 0 Å². The summed E-state index contributed by atoms with van der Waals surface area (Å²) in [5.41, 5.74) is 6.03. The van der Waals surface area contributed by atoms with E-state index < -0.39 is 0 Å². The molecule has 0 radical (unpaired) electrons. The maximum Gasteiger partial charge on any atom is 0.161 e. The van der Waals surface area contributed by atoms with Gasteiger partial charge in [-0.15, -0.1) is 0 Å². The summed E-state index contributed by atoms with van der Waals surface area (Å²) in [6.07, 6.45) is 7.72. The molecule has 2 N–H and O–H groups in total. The van der Waals surface area contributed by atoms with E-state index in [9.17, 15) is 0 Å². The molecule has 0 atom stereocenters. The van der Waals surface area contributed by atoms with E-state index >= 15 is 0 Å². The molecule has 2 aromatic carbocycles. The lowest BCUT2D eigenvalue weighted by Gasteiger charge is -2.42. The van der Waals surface area contributed by atoms with Gasteiger partial charge < -0.3 is 29.6 Å². The molecule has 2 aliphatic rings. The van der Waals surface area contributed by atoms with Crippen LogP contribution in [0, 0.1) is 0 Å². The second-order valence-corrected chi connectivity index (χ2v) is 11.8. The maximum atomic E-state index is 5.58. The summed E-state index contributed by atoms with van der Waals surface area (Å²) >= 11 is 0. The number of benzene rings is 2. The number of hydrogen-bond acceptors (Lipinski definition) is 5. The Labute approximate surface area is 228 Å². The van der Waals surface area contributed by atoms with E-state index in [-0.39, 0.29) is 0 Å². The molecule has 5 rings (SSSR count). The first-order valence-electron chi connectivity index (χ1n) is 14.4. The Bertz CT molecular complexity index is 1220. The minimum atomic E-state index is 0.383. The van der Waals surface area contributed by atoms with Crippen LogP contribution in [0.1, 0.15) is 63.9 Å². The van der Waals surface area contributed by atoms with Crippen LogP contribution in [0.5, 0.6) is 11.5 Å². The third kappa shape index (κ3) is 5.52. The van der Waals surface area contributed by atoms with Crippen LogP contribution in [-0.2, 0) is 0 Å². The fraction of sp³-hybridized carbons (Fsp3) is 0.562. The number of fused-ring (bicyclic) bond motifs is 1. The zero-order valence-corrected chi connectivity index (χ0v) is 24.1. The molecule has 38 heavy (non-hydrogen) atoms. The first kappa shape index (κ1) is 26.9. The zero-order valence-electron chi connectivity index (χ0n) is 24.1. The normalized spacial score (nSPS) is 21.4. The number of nitrogens with one attached hydrogen (secondary N) is 2. The Kier molecular flexibility index (Phi) is 8.20. The van der Waals surface area contributed by atoms with Gasteiger partial charge in [0.05, 0.1) is 19.9 Å². The minimum absolute atomic E-state index is 0.383. The first-order chi connectivity index (χ1) is 18.4. The van der Waals surface area contributed by atoms with E-state index in [1.54, 1.807) is 14.2 Å². The molecule has 1 aliphatic heterocycles. The van der Waals surface area contributed by atoms with Crippen LogP contribution in [0.2, 0.25) is 0 Å². The van der Waals surface area contributed by atoms with Gasteiger partial charge in [0.25, 0.3) is 0 Å². The van der Waals surface area contributed by atoms with Crippen LogP contribution in [0.3, 0.4) is 0 Å². The van der Waals surface area contributed by atoms with Crippen molar-refractivity contribution in [3.05, 3.63) is 42.0 Å². The van der Waals surface area contributed by atoms with Crippen LogP contribution < -0.4 is 14.8 Å². The van der Waals surface area contributed by atoms with Gasteiger partial charge in [0, 0.05) is 40.3 Å². The van der Waals surface area contributed by atoms with Gasteiger partial charge in [-0.25, -0.2) is 0 Å². The molecule has 6 nitrogen and oxygen atoms in total. The van der Waals surface area contributed by atoms with Crippen molar-refractivity contribution in [2.75, 3.05) is 46.7 Å². The molecule has 206 valence electrons. The summed E-state index contributed by atoms with van der Waals surface area (Å²) < 4.78 is 11.0. The third-order valence-corrected chi connectivity index (χ3v) is 8.90. The van der Waals surface area contributed by atoms with E-state index in [2.05, 4.69) is 78.4 Å².